The predicted octanol–water partition coefficient (Wildman–Crippen LogP) is 3.46. The van der Waals surface area contributed by atoms with Crippen molar-refractivity contribution < 1.29 is 27.4 Å². The summed E-state index contributed by atoms with van der Waals surface area (Å²) in [5.74, 6) is 1.18. The minimum Gasteiger partial charge on any atom is -0.497 e. The number of ether oxygens (including phenoxy) is 3. The second kappa shape index (κ2) is 10.3. The number of carbonyl (C=O) groups excluding carboxylic acids is 1. The second-order valence-corrected chi connectivity index (χ2v) is 10.1. The molecule has 3 aromatic carbocycles. The van der Waals surface area contributed by atoms with Gasteiger partial charge < -0.3 is 19.5 Å². The van der Waals surface area contributed by atoms with Crippen molar-refractivity contribution >= 4 is 21.6 Å². The number of hydrogen-bond acceptors (Lipinski definition) is 6. The number of nitrogens with one attached hydrogen (secondary N) is 1. The maximum atomic E-state index is 13.5. The molecule has 9 heteroatoms. The van der Waals surface area contributed by atoms with Crippen LogP contribution in [0.5, 0.6) is 17.2 Å². The van der Waals surface area contributed by atoms with Crippen molar-refractivity contribution in [1.29, 1.82) is 0 Å². The molecule has 184 valence electrons. The van der Waals surface area contributed by atoms with Gasteiger partial charge >= 0.3 is 0 Å². The molecule has 0 unspecified atom stereocenters. The fourth-order valence-electron chi connectivity index (χ4n) is 3.91. The normalized spacial score (nSPS) is 15.1. The van der Waals surface area contributed by atoms with Crippen LogP contribution in [0.2, 0.25) is 0 Å². The average molecular weight is 497 g/mol. The van der Waals surface area contributed by atoms with Gasteiger partial charge in [-0.15, -0.1) is 0 Å². The van der Waals surface area contributed by atoms with Crippen LogP contribution in [0.3, 0.4) is 0 Å². The van der Waals surface area contributed by atoms with E-state index in [9.17, 15) is 13.2 Å². The van der Waals surface area contributed by atoms with Crippen molar-refractivity contribution in [3.63, 3.8) is 0 Å². The molecule has 0 spiro atoms. The number of carbonyl (C=O) groups is 1. The summed E-state index contributed by atoms with van der Waals surface area (Å²) in [6.07, 6.45) is -1.01. The number of methoxy groups -OCH3 is 1. The highest BCUT2D eigenvalue weighted by atomic mass is 32.2. The Labute approximate surface area is 205 Å². The standard InChI is InChI=1S/C26H28N2O6S/c1-18-14-19(2)16-21(15-18)33-13-12-27-26(29)25-17-28(23-6-4-5-7-24(23)34-25)35(30,31)22-10-8-20(32-3)9-11-22/h4-11,14-16,25H,12-13,17H2,1-3H3,(H,27,29)/t25-/m1/s1. The summed E-state index contributed by atoms with van der Waals surface area (Å²) in [5, 5.41) is 2.78. The second-order valence-electron chi connectivity index (χ2n) is 8.25. The number of sulfonamides is 1. The number of rotatable bonds is 8. The maximum Gasteiger partial charge on any atom is 0.264 e. The molecule has 1 N–H and O–H groups in total. The third-order valence-corrected chi connectivity index (χ3v) is 7.33. The summed E-state index contributed by atoms with van der Waals surface area (Å²) in [4.78, 5) is 13.0. The molecule has 0 fully saturated rings. The van der Waals surface area contributed by atoms with Gasteiger partial charge in [0, 0.05) is 0 Å². The summed E-state index contributed by atoms with van der Waals surface area (Å²) >= 11 is 0. The lowest BCUT2D eigenvalue weighted by Crippen LogP contribution is -2.51. The summed E-state index contributed by atoms with van der Waals surface area (Å²) in [7, 11) is -2.43. The Morgan fingerprint density at radius 1 is 1.03 bits per heavy atom. The number of nitrogens with zero attached hydrogens (tertiary/aromatic N) is 1. The van der Waals surface area contributed by atoms with Crippen LogP contribution in [-0.4, -0.2) is 47.2 Å². The number of fused-ring (bicyclic) bond motifs is 1. The molecule has 0 saturated heterocycles. The molecule has 0 bridgehead atoms. The van der Waals surface area contributed by atoms with Gasteiger partial charge in [0.25, 0.3) is 15.9 Å². The third-order valence-electron chi connectivity index (χ3n) is 5.54. The van der Waals surface area contributed by atoms with E-state index in [0.717, 1.165) is 16.9 Å². The van der Waals surface area contributed by atoms with Gasteiger partial charge in [-0.05, 0) is 73.5 Å². The largest absolute Gasteiger partial charge is 0.497 e. The van der Waals surface area contributed by atoms with E-state index in [1.165, 1.54) is 23.5 Å². The van der Waals surface area contributed by atoms with Gasteiger partial charge in [0.1, 0.15) is 23.9 Å². The van der Waals surface area contributed by atoms with E-state index in [2.05, 4.69) is 11.4 Å². The van der Waals surface area contributed by atoms with Gasteiger partial charge in [0.15, 0.2) is 6.10 Å². The Morgan fingerprint density at radius 2 is 1.71 bits per heavy atom. The van der Waals surface area contributed by atoms with Crippen molar-refractivity contribution in [3.05, 3.63) is 77.9 Å². The quantitative estimate of drug-likeness (QED) is 0.480. The lowest BCUT2D eigenvalue weighted by Gasteiger charge is -2.34. The van der Waals surface area contributed by atoms with Crippen LogP contribution < -0.4 is 23.8 Å². The smallest absolute Gasteiger partial charge is 0.264 e. The minimum atomic E-state index is -3.94. The molecule has 0 aromatic heterocycles. The lowest BCUT2D eigenvalue weighted by atomic mass is 10.1. The number of para-hydroxylation sites is 2. The molecule has 0 saturated carbocycles. The lowest BCUT2D eigenvalue weighted by molar-refractivity contribution is -0.127. The Bertz CT molecular complexity index is 1290. The molecule has 0 radical (unpaired) electrons. The first-order chi connectivity index (χ1) is 16.8. The third kappa shape index (κ3) is 5.51. The van der Waals surface area contributed by atoms with E-state index in [4.69, 9.17) is 14.2 Å². The van der Waals surface area contributed by atoms with Crippen molar-refractivity contribution in [2.45, 2.75) is 24.8 Å². The zero-order valence-electron chi connectivity index (χ0n) is 19.9. The molecule has 4 rings (SSSR count). The molecular formula is C26H28N2O6S. The molecule has 1 atom stereocenters. The molecule has 0 aliphatic carbocycles. The van der Waals surface area contributed by atoms with Crippen LogP contribution in [0.4, 0.5) is 5.69 Å². The van der Waals surface area contributed by atoms with E-state index >= 15 is 0 Å². The first-order valence-electron chi connectivity index (χ1n) is 11.2. The Kier molecular flexibility index (Phi) is 7.16. The van der Waals surface area contributed by atoms with Gasteiger partial charge in [-0.2, -0.15) is 0 Å². The zero-order chi connectivity index (χ0) is 25.0. The highest BCUT2D eigenvalue weighted by molar-refractivity contribution is 7.92. The van der Waals surface area contributed by atoms with E-state index in [1.807, 2.05) is 26.0 Å². The first kappa shape index (κ1) is 24.4. The van der Waals surface area contributed by atoms with Crippen LogP contribution in [0.15, 0.2) is 71.6 Å². The topological polar surface area (TPSA) is 94.2 Å². The van der Waals surface area contributed by atoms with E-state index in [1.54, 1.807) is 36.4 Å². The van der Waals surface area contributed by atoms with Crippen molar-refractivity contribution in [2.24, 2.45) is 0 Å². The maximum absolute atomic E-state index is 13.5. The molecule has 1 heterocycles. The van der Waals surface area contributed by atoms with Gasteiger partial charge in [-0.3, -0.25) is 9.10 Å². The van der Waals surface area contributed by atoms with Crippen molar-refractivity contribution in [2.75, 3.05) is 31.1 Å². The summed E-state index contributed by atoms with van der Waals surface area (Å²) in [6.45, 7) is 4.34. The summed E-state index contributed by atoms with van der Waals surface area (Å²) < 4.78 is 44.9. The molecule has 1 aliphatic heterocycles. The number of amides is 1. The van der Waals surface area contributed by atoms with E-state index < -0.39 is 22.0 Å². The molecule has 35 heavy (non-hydrogen) atoms. The fraction of sp³-hybridized carbons (Fsp3) is 0.269. The summed E-state index contributed by atoms with van der Waals surface area (Å²) in [5.41, 5.74) is 2.57. The number of benzene rings is 3. The summed E-state index contributed by atoms with van der Waals surface area (Å²) in [6, 6.07) is 18.8. The average Bonchev–Trinajstić information content (AvgIpc) is 2.85. The van der Waals surface area contributed by atoms with Crippen molar-refractivity contribution in [3.8, 4) is 17.2 Å². The van der Waals surface area contributed by atoms with Gasteiger partial charge in [0.2, 0.25) is 0 Å². The van der Waals surface area contributed by atoms with Crippen LogP contribution in [0.1, 0.15) is 11.1 Å². The monoisotopic (exact) mass is 496 g/mol. The van der Waals surface area contributed by atoms with Crippen molar-refractivity contribution in [1.82, 2.24) is 5.32 Å². The Morgan fingerprint density at radius 3 is 2.40 bits per heavy atom. The molecule has 1 amide bonds. The molecule has 8 nitrogen and oxygen atoms in total. The van der Waals surface area contributed by atoms with Crippen LogP contribution in [0.25, 0.3) is 0 Å². The Balaban J connectivity index is 1.46. The highest BCUT2D eigenvalue weighted by Gasteiger charge is 2.37. The van der Waals surface area contributed by atoms with Crippen LogP contribution in [0, 0.1) is 13.8 Å². The fourth-order valence-corrected chi connectivity index (χ4v) is 5.39. The highest BCUT2D eigenvalue weighted by Crippen LogP contribution is 2.37. The number of hydrogen-bond donors (Lipinski definition) is 1. The predicted molar refractivity (Wildman–Crippen MR) is 133 cm³/mol. The van der Waals surface area contributed by atoms with Gasteiger partial charge in [-0.1, -0.05) is 18.2 Å². The van der Waals surface area contributed by atoms with Gasteiger partial charge in [-0.25, -0.2) is 8.42 Å². The minimum absolute atomic E-state index is 0.0935. The van der Waals surface area contributed by atoms with Crippen LogP contribution in [-0.2, 0) is 14.8 Å². The molecule has 3 aromatic rings. The Hall–Kier alpha value is -3.72. The SMILES string of the molecule is COc1ccc(S(=O)(=O)N2C[C@H](C(=O)NCCOc3cc(C)cc(C)c3)Oc3ccccc32)cc1. The number of anilines is 1. The zero-order valence-corrected chi connectivity index (χ0v) is 20.7. The van der Waals surface area contributed by atoms with Gasteiger partial charge in [0.05, 0.1) is 30.8 Å². The van der Waals surface area contributed by atoms with E-state index in [-0.39, 0.29) is 24.6 Å². The number of aryl methyl sites for hydroxylation is 2. The van der Waals surface area contributed by atoms with E-state index in [0.29, 0.717) is 17.2 Å². The first-order valence-corrected chi connectivity index (χ1v) is 12.6. The molecule has 1 aliphatic rings. The van der Waals surface area contributed by atoms with Crippen LogP contribution >= 0.6 is 0 Å². The molecular weight excluding hydrogens is 468 g/mol.